The molecule has 2 atom stereocenters. The molecule has 24 heavy (non-hydrogen) atoms. The SMILES string of the molecule is COC(CNC(=O)NC(CCC(=O)O)Cc1ccccc1)C(C)C. The van der Waals surface area contributed by atoms with Crippen LogP contribution in [-0.2, 0) is 16.0 Å². The fourth-order valence-electron chi connectivity index (χ4n) is 2.44. The van der Waals surface area contributed by atoms with Gasteiger partial charge in [0, 0.05) is 26.1 Å². The second-order valence-electron chi connectivity index (χ2n) is 6.19. The minimum Gasteiger partial charge on any atom is -0.481 e. The van der Waals surface area contributed by atoms with Crippen molar-refractivity contribution >= 4 is 12.0 Å². The van der Waals surface area contributed by atoms with Crippen LogP contribution >= 0.6 is 0 Å². The minimum atomic E-state index is -0.866. The number of hydrogen-bond acceptors (Lipinski definition) is 3. The van der Waals surface area contributed by atoms with Gasteiger partial charge < -0.3 is 20.5 Å². The van der Waals surface area contributed by atoms with Crippen LogP contribution < -0.4 is 10.6 Å². The molecular weight excluding hydrogens is 308 g/mol. The summed E-state index contributed by atoms with van der Waals surface area (Å²) < 4.78 is 5.32. The second kappa shape index (κ2) is 10.6. The molecule has 0 radical (unpaired) electrons. The van der Waals surface area contributed by atoms with Gasteiger partial charge in [-0.3, -0.25) is 4.79 Å². The average Bonchev–Trinajstić information content (AvgIpc) is 2.53. The van der Waals surface area contributed by atoms with Gasteiger partial charge in [-0.05, 0) is 24.3 Å². The van der Waals surface area contributed by atoms with E-state index in [0.717, 1.165) is 5.56 Å². The summed E-state index contributed by atoms with van der Waals surface area (Å²) in [4.78, 5) is 22.9. The molecule has 1 rings (SSSR count). The summed E-state index contributed by atoms with van der Waals surface area (Å²) in [6.07, 6.45) is 0.946. The molecule has 134 valence electrons. The predicted octanol–water partition coefficient (Wildman–Crippen LogP) is 2.43. The fourth-order valence-corrected chi connectivity index (χ4v) is 2.44. The molecule has 2 unspecified atom stereocenters. The number of carboxylic acids is 1. The Morgan fingerprint density at radius 3 is 2.42 bits per heavy atom. The molecule has 0 fully saturated rings. The van der Waals surface area contributed by atoms with Crippen molar-refractivity contribution in [3.63, 3.8) is 0 Å². The molecule has 3 N–H and O–H groups in total. The van der Waals surface area contributed by atoms with Crippen molar-refractivity contribution in [2.75, 3.05) is 13.7 Å². The molecule has 0 aliphatic carbocycles. The second-order valence-corrected chi connectivity index (χ2v) is 6.19. The molecule has 6 nitrogen and oxygen atoms in total. The lowest BCUT2D eigenvalue weighted by Gasteiger charge is -2.22. The first-order valence-electron chi connectivity index (χ1n) is 8.25. The summed E-state index contributed by atoms with van der Waals surface area (Å²) in [5.41, 5.74) is 1.06. The Bertz CT molecular complexity index is 505. The van der Waals surface area contributed by atoms with Gasteiger partial charge >= 0.3 is 12.0 Å². The van der Waals surface area contributed by atoms with E-state index in [1.165, 1.54) is 0 Å². The molecule has 0 heterocycles. The zero-order valence-electron chi connectivity index (χ0n) is 14.6. The lowest BCUT2D eigenvalue weighted by Crippen LogP contribution is -2.46. The molecule has 2 amide bonds. The molecule has 6 heteroatoms. The van der Waals surface area contributed by atoms with Crippen LogP contribution in [0.15, 0.2) is 30.3 Å². The van der Waals surface area contributed by atoms with E-state index in [9.17, 15) is 9.59 Å². The van der Waals surface area contributed by atoms with Crippen molar-refractivity contribution in [1.29, 1.82) is 0 Å². The number of hydrogen-bond donors (Lipinski definition) is 3. The number of benzene rings is 1. The van der Waals surface area contributed by atoms with Crippen LogP contribution in [-0.4, -0.2) is 42.9 Å². The van der Waals surface area contributed by atoms with Crippen molar-refractivity contribution in [3.8, 4) is 0 Å². The number of rotatable bonds is 10. The van der Waals surface area contributed by atoms with E-state index in [1.54, 1.807) is 7.11 Å². The third-order valence-corrected chi connectivity index (χ3v) is 3.88. The van der Waals surface area contributed by atoms with Gasteiger partial charge in [-0.1, -0.05) is 44.2 Å². The highest BCUT2D eigenvalue weighted by Gasteiger charge is 2.17. The highest BCUT2D eigenvalue weighted by Crippen LogP contribution is 2.08. The monoisotopic (exact) mass is 336 g/mol. The molecular formula is C18H28N2O4. The van der Waals surface area contributed by atoms with E-state index in [1.807, 2.05) is 44.2 Å². The van der Waals surface area contributed by atoms with Crippen molar-refractivity contribution in [3.05, 3.63) is 35.9 Å². The smallest absolute Gasteiger partial charge is 0.315 e. The number of aliphatic carboxylic acids is 1. The zero-order chi connectivity index (χ0) is 17.9. The summed E-state index contributed by atoms with van der Waals surface area (Å²) in [5.74, 6) is -0.572. The van der Waals surface area contributed by atoms with Crippen molar-refractivity contribution in [1.82, 2.24) is 10.6 Å². The van der Waals surface area contributed by atoms with Gasteiger partial charge in [-0.2, -0.15) is 0 Å². The lowest BCUT2D eigenvalue weighted by atomic mass is 10.0. The molecule has 0 saturated heterocycles. The van der Waals surface area contributed by atoms with E-state index in [4.69, 9.17) is 9.84 Å². The quantitative estimate of drug-likeness (QED) is 0.612. The van der Waals surface area contributed by atoms with Gasteiger partial charge in [-0.25, -0.2) is 4.79 Å². The number of nitrogens with one attached hydrogen (secondary N) is 2. The maximum absolute atomic E-state index is 12.1. The van der Waals surface area contributed by atoms with Gasteiger partial charge in [0.2, 0.25) is 0 Å². The van der Waals surface area contributed by atoms with E-state index in [-0.39, 0.29) is 24.6 Å². The normalized spacial score (nSPS) is 13.3. The number of carbonyl (C=O) groups is 2. The highest BCUT2D eigenvalue weighted by atomic mass is 16.5. The Morgan fingerprint density at radius 2 is 1.88 bits per heavy atom. The summed E-state index contributed by atoms with van der Waals surface area (Å²) in [7, 11) is 1.62. The van der Waals surface area contributed by atoms with Crippen LogP contribution in [0.25, 0.3) is 0 Å². The summed E-state index contributed by atoms with van der Waals surface area (Å²) in [6.45, 7) is 4.47. The standard InChI is InChI=1S/C18H28N2O4/c1-13(2)16(24-3)12-19-18(23)20-15(9-10-17(21)22)11-14-7-5-4-6-8-14/h4-8,13,15-16H,9-12H2,1-3H3,(H,21,22)(H2,19,20,23). The van der Waals surface area contributed by atoms with E-state index < -0.39 is 5.97 Å². The predicted molar refractivity (Wildman–Crippen MR) is 93.0 cm³/mol. The number of carboxylic acid groups (broad SMARTS) is 1. The lowest BCUT2D eigenvalue weighted by molar-refractivity contribution is -0.137. The van der Waals surface area contributed by atoms with Crippen LogP contribution in [0.2, 0.25) is 0 Å². The Balaban J connectivity index is 2.56. The van der Waals surface area contributed by atoms with Crippen LogP contribution in [0, 0.1) is 5.92 Å². The van der Waals surface area contributed by atoms with Crippen LogP contribution in [0.1, 0.15) is 32.3 Å². The van der Waals surface area contributed by atoms with Crippen LogP contribution in [0.4, 0.5) is 4.79 Å². The third-order valence-electron chi connectivity index (χ3n) is 3.88. The molecule has 0 aromatic heterocycles. The number of methoxy groups -OCH3 is 1. The van der Waals surface area contributed by atoms with Gasteiger partial charge in [0.25, 0.3) is 0 Å². The zero-order valence-corrected chi connectivity index (χ0v) is 14.6. The Morgan fingerprint density at radius 1 is 1.21 bits per heavy atom. The topological polar surface area (TPSA) is 87.7 Å². The average molecular weight is 336 g/mol. The highest BCUT2D eigenvalue weighted by molar-refractivity contribution is 5.74. The van der Waals surface area contributed by atoms with E-state index in [0.29, 0.717) is 25.3 Å². The minimum absolute atomic E-state index is 0.0183. The molecule has 0 spiro atoms. The number of carbonyl (C=O) groups excluding carboxylic acids is 1. The number of amides is 2. The van der Waals surface area contributed by atoms with Crippen molar-refractivity contribution in [2.45, 2.75) is 45.3 Å². The van der Waals surface area contributed by atoms with Gasteiger partial charge in [0.15, 0.2) is 0 Å². The summed E-state index contributed by atoms with van der Waals surface area (Å²) in [6, 6.07) is 9.17. The van der Waals surface area contributed by atoms with Gasteiger partial charge in [-0.15, -0.1) is 0 Å². The Labute approximate surface area is 143 Å². The van der Waals surface area contributed by atoms with E-state index >= 15 is 0 Å². The Hall–Kier alpha value is -2.08. The fraction of sp³-hybridized carbons (Fsp3) is 0.556. The molecule has 1 aromatic rings. The van der Waals surface area contributed by atoms with Crippen LogP contribution in [0.5, 0.6) is 0 Å². The molecule has 0 aliphatic heterocycles. The van der Waals surface area contributed by atoms with E-state index in [2.05, 4.69) is 10.6 Å². The maximum atomic E-state index is 12.1. The van der Waals surface area contributed by atoms with Crippen LogP contribution in [0.3, 0.4) is 0 Å². The molecule has 1 aromatic carbocycles. The summed E-state index contributed by atoms with van der Waals surface area (Å²) >= 11 is 0. The van der Waals surface area contributed by atoms with Gasteiger partial charge in [0.1, 0.15) is 0 Å². The van der Waals surface area contributed by atoms with Crippen molar-refractivity contribution < 1.29 is 19.4 Å². The first-order chi connectivity index (χ1) is 11.4. The third kappa shape index (κ3) is 7.97. The summed E-state index contributed by atoms with van der Waals surface area (Å²) in [5, 5.41) is 14.6. The first kappa shape index (κ1) is 20.0. The van der Waals surface area contributed by atoms with Crippen molar-refractivity contribution in [2.24, 2.45) is 5.92 Å². The largest absolute Gasteiger partial charge is 0.481 e. The first-order valence-corrected chi connectivity index (χ1v) is 8.25. The Kier molecular flexibility index (Phi) is 8.86. The maximum Gasteiger partial charge on any atom is 0.315 e. The number of urea groups is 1. The molecule has 0 aliphatic rings. The number of ether oxygens (including phenoxy) is 1. The van der Waals surface area contributed by atoms with Gasteiger partial charge in [0.05, 0.1) is 6.10 Å². The molecule has 0 saturated carbocycles. The molecule has 0 bridgehead atoms.